The standard InChI is InChI=1S/C31H26ClN5O8S2/c1-43-27-13-19(4-10-25(27)38)16-34-36-31-37(17-23-3-2-12-44-23)30(40)28(46-31)15-20-14-21(32)5-11-26(20)45-18-29(39)35-22-6-8-24(9-7-22)47(33,41)42/h2-16,38H,17-18H2,1H3,(H,35,39)(H2,33,41,42)/b28-15-,34-16+,36-31-. The van der Waals surface area contributed by atoms with Crippen molar-refractivity contribution in [1.29, 1.82) is 0 Å². The number of carbonyl (C=O) groups excluding carboxylic acids is 2. The van der Waals surface area contributed by atoms with E-state index in [1.807, 2.05) is 0 Å². The number of primary sulfonamides is 1. The highest BCUT2D eigenvalue weighted by atomic mass is 35.5. The number of amides is 2. The number of furan rings is 1. The molecular weight excluding hydrogens is 670 g/mol. The third-order valence-corrected chi connectivity index (χ3v) is 8.58. The molecule has 1 aliphatic rings. The molecule has 0 atom stereocenters. The number of halogens is 1. The van der Waals surface area contributed by atoms with Gasteiger partial charge in [0.15, 0.2) is 23.3 Å². The number of sulfonamides is 1. The number of phenolic OH excluding ortho intramolecular Hbond substituents is 1. The molecule has 242 valence electrons. The second-order valence-corrected chi connectivity index (χ2v) is 12.7. The lowest BCUT2D eigenvalue weighted by atomic mass is 10.2. The summed E-state index contributed by atoms with van der Waals surface area (Å²) >= 11 is 7.34. The summed E-state index contributed by atoms with van der Waals surface area (Å²) in [5, 5.41) is 26.6. The van der Waals surface area contributed by atoms with Gasteiger partial charge in [-0.25, -0.2) is 13.6 Å². The van der Waals surface area contributed by atoms with Gasteiger partial charge in [0, 0.05) is 16.3 Å². The summed E-state index contributed by atoms with van der Waals surface area (Å²) in [6.45, 7) is -0.307. The van der Waals surface area contributed by atoms with Gasteiger partial charge in [-0.1, -0.05) is 11.6 Å². The molecule has 0 unspecified atom stereocenters. The number of rotatable bonds is 11. The number of nitrogens with one attached hydrogen (secondary N) is 1. The average molecular weight is 696 g/mol. The smallest absolute Gasteiger partial charge is 0.267 e. The van der Waals surface area contributed by atoms with Crippen LogP contribution >= 0.6 is 23.4 Å². The summed E-state index contributed by atoms with van der Waals surface area (Å²) in [5.41, 5.74) is 1.38. The van der Waals surface area contributed by atoms with Gasteiger partial charge in [-0.15, -0.1) is 5.10 Å². The van der Waals surface area contributed by atoms with Crippen molar-refractivity contribution in [1.82, 2.24) is 4.90 Å². The summed E-state index contributed by atoms with van der Waals surface area (Å²) < 4.78 is 39.3. The molecule has 0 radical (unpaired) electrons. The monoisotopic (exact) mass is 695 g/mol. The first-order chi connectivity index (χ1) is 22.5. The topological polar surface area (TPSA) is 186 Å². The van der Waals surface area contributed by atoms with E-state index in [1.54, 1.807) is 48.5 Å². The van der Waals surface area contributed by atoms with Crippen molar-refractivity contribution < 1.29 is 37.0 Å². The lowest BCUT2D eigenvalue weighted by Gasteiger charge is -2.13. The molecule has 1 aromatic heterocycles. The highest BCUT2D eigenvalue weighted by molar-refractivity contribution is 8.18. The van der Waals surface area contributed by atoms with Gasteiger partial charge in [0.05, 0.1) is 35.9 Å². The van der Waals surface area contributed by atoms with E-state index in [9.17, 15) is 23.1 Å². The highest BCUT2D eigenvalue weighted by Crippen LogP contribution is 2.36. The predicted octanol–water partition coefficient (Wildman–Crippen LogP) is 4.82. The number of benzene rings is 3. The Bertz CT molecular complexity index is 2000. The maximum absolute atomic E-state index is 13.6. The maximum Gasteiger partial charge on any atom is 0.267 e. The number of carbonyl (C=O) groups is 2. The molecular formula is C31H26ClN5O8S2. The fourth-order valence-corrected chi connectivity index (χ4v) is 5.79. The van der Waals surface area contributed by atoms with Crippen LogP contribution in [0.25, 0.3) is 6.08 Å². The molecule has 4 aromatic rings. The lowest BCUT2D eigenvalue weighted by molar-refractivity contribution is -0.122. The van der Waals surface area contributed by atoms with E-state index in [-0.39, 0.29) is 44.7 Å². The van der Waals surface area contributed by atoms with Crippen molar-refractivity contribution in [2.75, 3.05) is 19.0 Å². The van der Waals surface area contributed by atoms with E-state index in [0.29, 0.717) is 27.6 Å². The Morgan fingerprint density at radius 3 is 2.62 bits per heavy atom. The maximum atomic E-state index is 13.6. The Hall–Kier alpha value is -5.09. The number of hydrogen-bond acceptors (Lipinski definition) is 11. The molecule has 0 spiro atoms. The van der Waals surface area contributed by atoms with Gasteiger partial charge in [-0.2, -0.15) is 5.10 Å². The van der Waals surface area contributed by atoms with Gasteiger partial charge in [0.1, 0.15) is 11.5 Å². The summed E-state index contributed by atoms with van der Waals surface area (Å²) in [5.74, 6) is 0.158. The van der Waals surface area contributed by atoms with Gasteiger partial charge < -0.3 is 24.3 Å². The second-order valence-electron chi connectivity index (χ2n) is 9.73. The average Bonchev–Trinajstić information content (AvgIpc) is 3.65. The molecule has 0 bridgehead atoms. The number of nitrogens with two attached hydrogens (primary N) is 1. The van der Waals surface area contributed by atoms with E-state index in [0.717, 1.165) is 11.8 Å². The summed E-state index contributed by atoms with van der Waals surface area (Å²) in [6.07, 6.45) is 4.53. The Labute approximate surface area is 278 Å². The zero-order chi connectivity index (χ0) is 33.6. The molecule has 4 N–H and O–H groups in total. The number of methoxy groups -OCH3 is 1. The number of amidine groups is 1. The summed E-state index contributed by atoms with van der Waals surface area (Å²) in [7, 11) is -2.44. The molecule has 5 rings (SSSR count). The van der Waals surface area contributed by atoms with E-state index in [1.165, 1.54) is 54.8 Å². The van der Waals surface area contributed by atoms with Gasteiger partial charge in [-0.05, 0) is 96.2 Å². The minimum atomic E-state index is -3.87. The zero-order valence-electron chi connectivity index (χ0n) is 24.5. The van der Waals surface area contributed by atoms with Crippen molar-refractivity contribution in [2.45, 2.75) is 11.4 Å². The van der Waals surface area contributed by atoms with E-state index in [4.69, 9.17) is 30.6 Å². The first-order valence-electron chi connectivity index (χ1n) is 13.6. The summed E-state index contributed by atoms with van der Waals surface area (Å²) in [6, 6.07) is 18.2. The Kier molecular flexibility index (Phi) is 10.3. The first-order valence-corrected chi connectivity index (χ1v) is 16.3. The number of nitrogens with zero attached hydrogens (tertiary/aromatic N) is 3. The third kappa shape index (κ3) is 8.59. The minimum Gasteiger partial charge on any atom is -0.504 e. The van der Waals surface area contributed by atoms with Crippen LogP contribution in [0.5, 0.6) is 17.2 Å². The van der Waals surface area contributed by atoms with Crippen LogP contribution < -0.4 is 19.9 Å². The van der Waals surface area contributed by atoms with Crippen LogP contribution in [0.3, 0.4) is 0 Å². The van der Waals surface area contributed by atoms with Crippen molar-refractivity contribution in [3.63, 3.8) is 0 Å². The number of thioether (sulfide) groups is 1. The highest BCUT2D eigenvalue weighted by Gasteiger charge is 2.34. The summed E-state index contributed by atoms with van der Waals surface area (Å²) in [4.78, 5) is 27.8. The third-order valence-electron chi connectivity index (χ3n) is 6.42. The largest absolute Gasteiger partial charge is 0.504 e. The zero-order valence-corrected chi connectivity index (χ0v) is 26.9. The van der Waals surface area contributed by atoms with Gasteiger partial charge in [0.25, 0.3) is 11.8 Å². The predicted molar refractivity (Wildman–Crippen MR) is 178 cm³/mol. The van der Waals surface area contributed by atoms with E-state index in [2.05, 4.69) is 15.5 Å². The van der Waals surface area contributed by atoms with Crippen LogP contribution in [0.1, 0.15) is 16.9 Å². The quantitative estimate of drug-likeness (QED) is 0.112. The van der Waals surface area contributed by atoms with Crippen molar-refractivity contribution >= 4 is 68.3 Å². The van der Waals surface area contributed by atoms with Gasteiger partial charge in [-0.3, -0.25) is 14.5 Å². The Balaban J connectivity index is 1.35. The number of ether oxygens (including phenoxy) is 2. The van der Waals surface area contributed by atoms with E-state index < -0.39 is 22.5 Å². The molecule has 1 fully saturated rings. The molecule has 3 aromatic carbocycles. The molecule has 2 amide bonds. The molecule has 13 nitrogen and oxygen atoms in total. The molecule has 0 aliphatic carbocycles. The van der Waals surface area contributed by atoms with Crippen molar-refractivity contribution in [3.8, 4) is 17.2 Å². The van der Waals surface area contributed by atoms with Crippen LogP contribution in [0, 0.1) is 0 Å². The second kappa shape index (κ2) is 14.6. The fraction of sp³-hybridized carbons (Fsp3) is 0.0968. The molecule has 2 heterocycles. The van der Waals surface area contributed by atoms with Crippen LogP contribution in [0.2, 0.25) is 5.02 Å². The first kappa shape index (κ1) is 33.3. The Morgan fingerprint density at radius 2 is 1.91 bits per heavy atom. The normalized spacial score (nSPS) is 15.1. The van der Waals surface area contributed by atoms with Crippen LogP contribution in [0.15, 0.2) is 103 Å². The van der Waals surface area contributed by atoms with Crippen LogP contribution in [0.4, 0.5) is 5.69 Å². The van der Waals surface area contributed by atoms with Gasteiger partial charge in [0.2, 0.25) is 10.0 Å². The number of anilines is 1. The van der Waals surface area contributed by atoms with E-state index >= 15 is 0 Å². The lowest BCUT2D eigenvalue weighted by Crippen LogP contribution is -2.28. The number of hydrogen-bond donors (Lipinski definition) is 3. The molecule has 0 saturated carbocycles. The van der Waals surface area contributed by atoms with Crippen LogP contribution in [-0.2, 0) is 26.2 Å². The fourth-order valence-electron chi connectivity index (χ4n) is 4.17. The molecule has 1 aliphatic heterocycles. The number of aromatic hydroxyl groups is 1. The molecule has 16 heteroatoms. The van der Waals surface area contributed by atoms with Gasteiger partial charge >= 0.3 is 0 Å². The number of phenols is 1. The molecule has 1 saturated heterocycles. The van der Waals surface area contributed by atoms with Crippen LogP contribution in [-0.4, -0.2) is 55.3 Å². The SMILES string of the molecule is COc1cc(/C=N/N=C2\S/C(=C\c3cc(Cl)ccc3OCC(=O)Nc3ccc(S(N)(=O)=O)cc3)C(=O)N2Cc2ccco2)ccc1O. The van der Waals surface area contributed by atoms with Crippen molar-refractivity contribution in [3.05, 3.63) is 106 Å². The minimum absolute atomic E-state index is 0.0190. The van der Waals surface area contributed by atoms with Crippen molar-refractivity contribution in [2.24, 2.45) is 15.3 Å². The Morgan fingerprint density at radius 1 is 1.13 bits per heavy atom. The molecule has 47 heavy (non-hydrogen) atoms.